The number of unbranched alkanes of at least 4 members (excludes halogenated alkanes) is 1. The van der Waals surface area contributed by atoms with Crippen molar-refractivity contribution in [1.29, 1.82) is 0 Å². The van der Waals surface area contributed by atoms with Gasteiger partial charge in [0.05, 0.1) is 0 Å². The van der Waals surface area contributed by atoms with Gasteiger partial charge in [0.25, 0.3) is 0 Å². The highest BCUT2D eigenvalue weighted by Gasteiger charge is 2.07. The number of carbonyl (C=O) groups excluding carboxylic acids is 1. The number of carbonyl (C=O) groups is 1. The van der Waals surface area contributed by atoms with Gasteiger partial charge in [-0.1, -0.05) is 23.2 Å². The molecule has 74 valence electrons. The zero-order valence-electron chi connectivity index (χ0n) is 8.64. The quantitative estimate of drug-likeness (QED) is 0.292. The predicted octanol–water partition coefficient (Wildman–Crippen LogP) is 2.47. The molecule has 0 amide bonds. The summed E-state index contributed by atoms with van der Waals surface area (Å²) in [6.45, 7) is 2.29. The Labute approximate surface area is 83.4 Å². The van der Waals surface area contributed by atoms with Gasteiger partial charge in [-0.05, 0) is 32.6 Å². The molecule has 1 nitrogen and oxygen atoms in total. The van der Waals surface area contributed by atoms with Crippen molar-refractivity contribution in [3.05, 3.63) is 11.1 Å². The minimum Gasteiger partial charge on any atom is -0.303 e. The van der Waals surface area contributed by atoms with Crippen LogP contribution in [0.4, 0.5) is 0 Å². The molecule has 1 heterocycles. The third kappa shape index (κ3) is 3.90. The van der Waals surface area contributed by atoms with Gasteiger partial charge in [-0.3, -0.25) is 0 Å². The van der Waals surface area contributed by atoms with Crippen molar-refractivity contribution < 1.29 is 4.79 Å². The maximum absolute atomic E-state index is 10.2. The predicted molar refractivity (Wildman–Crippen MR) is 60.0 cm³/mol. The summed E-state index contributed by atoms with van der Waals surface area (Å²) in [5, 5.41) is 0. The molecular formula is C11H20OSi. The first-order chi connectivity index (χ1) is 6.34. The fraction of sp³-hybridized carbons (Fsp3) is 0.727. The van der Waals surface area contributed by atoms with Gasteiger partial charge in [-0.15, -0.1) is 0 Å². The van der Waals surface area contributed by atoms with Crippen LogP contribution in [0.15, 0.2) is 11.1 Å². The summed E-state index contributed by atoms with van der Waals surface area (Å²) in [5.74, 6) is 0. The summed E-state index contributed by atoms with van der Waals surface area (Å²) in [6.07, 6.45) is 6.73. The lowest BCUT2D eigenvalue weighted by molar-refractivity contribution is -0.107. The van der Waals surface area contributed by atoms with Gasteiger partial charge >= 0.3 is 0 Å². The third-order valence-corrected chi connectivity index (χ3v) is 4.64. The first-order valence-corrected chi connectivity index (χ1v) is 7.45. The SMILES string of the molecule is CC1=C(CCCC=O)CC[SiH2]CC1. The highest BCUT2D eigenvalue weighted by Crippen LogP contribution is 2.24. The van der Waals surface area contributed by atoms with Gasteiger partial charge in [0.1, 0.15) is 6.29 Å². The topological polar surface area (TPSA) is 17.1 Å². The van der Waals surface area contributed by atoms with E-state index in [2.05, 4.69) is 6.92 Å². The molecule has 0 radical (unpaired) electrons. The molecule has 0 unspecified atom stereocenters. The lowest BCUT2D eigenvalue weighted by atomic mass is 9.99. The van der Waals surface area contributed by atoms with Crippen LogP contribution in [0.25, 0.3) is 0 Å². The molecule has 0 bridgehead atoms. The molecule has 1 aliphatic rings. The lowest BCUT2D eigenvalue weighted by Crippen LogP contribution is -1.88. The Morgan fingerprint density at radius 1 is 1.38 bits per heavy atom. The van der Waals surface area contributed by atoms with Crippen LogP contribution in [0, 0.1) is 0 Å². The summed E-state index contributed by atoms with van der Waals surface area (Å²) in [6, 6.07) is 3.00. The van der Waals surface area contributed by atoms with E-state index in [9.17, 15) is 4.79 Å². The second-order valence-electron chi connectivity index (χ2n) is 4.00. The van der Waals surface area contributed by atoms with E-state index in [1.54, 1.807) is 11.1 Å². The van der Waals surface area contributed by atoms with E-state index < -0.39 is 0 Å². The summed E-state index contributed by atoms with van der Waals surface area (Å²) in [5.41, 5.74) is 3.31. The van der Waals surface area contributed by atoms with Crippen LogP contribution in [0.3, 0.4) is 0 Å². The van der Waals surface area contributed by atoms with Gasteiger partial charge in [0.2, 0.25) is 0 Å². The van der Waals surface area contributed by atoms with Gasteiger partial charge < -0.3 is 4.79 Å². The van der Waals surface area contributed by atoms with Crippen molar-refractivity contribution >= 4 is 15.8 Å². The van der Waals surface area contributed by atoms with Crippen molar-refractivity contribution in [1.82, 2.24) is 0 Å². The van der Waals surface area contributed by atoms with Crippen molar-refractivity contribution in [3.8, 4) is 0 Å². The van der Waals surface area contributed by atoms with E-state index in [0.29, 0.717) is 0 Å². The molecular weight excluding hydrogens is 176 g/mol. The van der Waals surface area contributed by atoms with Crippen LogP contribution in [-0.4, -0.2) is 15.8 Å². The molecule has 0 saturated heterocycles. The van der Waals surface area contributed by atoms with Crippen molar-refractivity contribution in [3.63, 3.8) is 0 Å². The fourth-order valence-corrected chi connectivity index (χ4v) is 3.84. The van der Waals surface area contributed by atoms with E-state index in [1.807, 2.05) is 0 Å². The molecule has 1 rings (SSSR count). The van der Waals surface area contributed by atoms with Gasteiger partial charge in [-0.25, -0.2) is 0 Å². The molecule has 0 spiro atoms. The minimum atomic E-state index is 0.270. The third-order valence-electron chi connectivity index (χ3n) is 2.93. The molecule has 0 atom stereocenters. The molecule has 0 aromatic carbocycles. The van der Waals surface area contributed by atoms with E-state index in [-0.39, 0.29) is 9.52 Å². The summed E-state index contributed by atoms with van der Waals surface area (Å²) >= 11 is 0. The molecule has 0 N–H and O–H groups in total. The Balaban J connectivity index is 2.38. The average Bonchev–Trinajstić information content (AvgIpc) is 2.32. The highest BCUT2D eigenvalue weighted by molar-refractivity contribution is 6.35. The van der Waals surface area contributed by atoms with Gasteiger partial charge in [0, 0.05) is 15.9 Å². The number of rotatable bonds is 4. The fourth-order valence-electron chi connectivity index (χ4n) is 2.03. The number of hydrogen-bond acceptors (Lipinski definition) is 1. The largest absolute Gasteiger partial charge is 0.303 e. The van der Waals surface area contributed by atoms with Crippen LogP contribution in [0.2, 0.25) is 12.1 Å². The highest BCUT2D eigenvalue weighted by atomic mass is 28.2. The first kappa shape index (κ1) is 10.7. The number of hydrogen-bond donors (Lipinski definition) is 0. The van der Waals surface area contributed by atoms with E-state index in [1.165, 1.54) is 31.4 Å². The van der Waals surface area contributed by atoms with Crippen LogP contribution >= 0.6 is 0 Å². The van der Waals surface area contributed by atoms with Crippen LogP contribution in [-0.2, 0) is 4.79 Å². The normalized spacial score (nSPS) is 20.4. The molecule has 2 heteroatoms. The van der Waals surface area contributed by atoms with E-state index >= 15 is 0 Å². The lowest BCUT2D eigenvalue weighted by Gasteiger charge is -2.07. The second-order valence-corrected chi connectivity index (χ2v) is 6.12. The second kappa shape index (κ2) is 6.14. The Hall–Kier alpha value is -0.373. The monoisotopic (exact) mass is 196 g/mol. The maximum atomic E-state index is 10.2. The zero-order valence-corrected chi connectivity index (χ0v) is 10.1. The first-order valence-electron chi connectivity index (χ1n) is 5.45. The average molecular weight is 196 g/mol. The molecule has 0 aromatic rings. The van der Waals surface area contributed by atoms with E-state index in [0.717, 1.165) is 19.1 Å². The minimum absolute atomic E-state index is 0.270. The van der Waals surface area contributed by atoms with Crippen LogP contribution < -0.4 is 0 Å². The molecule has 13 heavy (non-hydrogen) atoms. The van der Waals surface area contributed by atoms with Crippen molar-refractivity contribution in [2.75, 3.05) is 0 Å². The van der Waals surface area contributed by atoms with Crippen LogP contribution in [0.5, 0.6) is 0 Å². The summed E-state index contributed by atoms with van der Waals surface area (Å²) in [7, 11) is 0.270. The maximum Gasteiger partial charge on any atom is 0.120 e. The molecule has 0 saturated carbocycles. The van der Waals surface area contributed by atoms with Crippen LogP contribution in [0.1, 0.15) is 39.0 Å². The molecule has 1 aliphatic heterocycles. The summed E-state index contributed by atoms with van der Waals surface area (Å²) in [4.78, 5) is 10.2. The Morgan fingerprint density at radius 2 is 2.15 bits per heavy atom. The van der Waals surface area contributed by atoms with Crippen molar-refractivity contribution in [2.45, 2.75) is 51.1 Å². The number of allylic oxidation sites excluding steroid dienone is 2. The molecule has 0 aliphatic carbocycles. The van der Waals surface area contributed by atoms with E-state index in [4.69, 9.17) is 0 Å². The molecule has 0 fully saturated rings. The molecule has 0 aromatic heterocycles. The van der Waals surface area contributed by atoms with Gasteiger partial charge in [-0.2, -0.15) is 0 Å². The standard InChI is InChI=1S/C11H20OSi/c1-10-5-8-13-9-6-11(10)4-2-3-7-12/h7H,2-6,8-9,13H2,1H3. The van der Waals surface area contributed by atoms with Crippen molar-refractivity contribution in [2.24, 2.45) is 0 Å². The van der Waals surface area contributed by atoms with Gasteiger partial charge in [0.15, 0.2) is 0 Å². The Bertz CT molecular complexity index is 196. The zero-order chi connectivity index (χ0) is 9.52. The summed E-state index contributed by atoms with van der Waals surface area (Å²) < 4.78 is 0. The Morgan fingerprint density at radius 3 is 2.92 bits per heavy atom. The Kier molecular flexibility index (Phi) is 5.05. The number of aldehydes is 1. The smallest absolute Gasteiger partial charge is 0.120 e.